The molecule has 1 aromatic heterocycles. The van der Waals surface area contributed by atoms with Crippen molar-refractivity contribution < 1.29 is 9.47 Å². The van der Waals surface area contributed by atoms with Crippen LogP contribution in [0.15, 0.2) is 34.2 Å². The fourth-order valence-electron chi connectivity index (χ4n) is 1.18. The number of aromatic nitrogens is 1. The monoisotopic (exact) mass is 299 g/mol. The second-order valence-corrected chi connectivity index (χ2v) is 5.31. The standard InChI is InChI=1S/C11H10BrNO2S/c1-2-14-8-4-3-5-9(6-8)15-11-13-7-10(12)16-11/h3-7H,2H2,1H3. The number of hydrogen-bond donors (Lipinski definition) is 0. The zero-order chi connectivity index (χ0) is 11.4. The molecule has 0 saturated heterocycles. The average Bonchev–Trinajstić information content (AvgIpc) is 2.65. The average molecular weight is 300 g/mol. The molecule has 16 heavy (non-hydrogen) atoms. The third-order valence-electron chi connectivity index (χ3n) is 1.78. The maximum atomic E-state index is 5.58. The molecular weight excluding hydrogens is 290 g/mol. The van der Waals surface area contributed by atoms with Crippen LogP contribution in [0.1, 0.15) is 6.92 Å². The summed E-state index contributed by atoms with van der Waals surface area (Å²) in [5.41, 5.74) is 0. The minimum Gasteiger partial charge on any atom is -0.494 e. The smallest absolute Gasteiger partial charge is 0.279 e. The Bertz CT molecular complexity index is 473. The second-order valence-electron chi connectivity index (χ2n) is 2.94. The molecule has 0 radical (unpaired) electrons. The number of thiazole rings is 1. The molecule has 0 atom stereocenters. The molecular formula is C11H10BrNO2S. The van der Waals surface area contributed by atoms with E-state index >= 15 is 0 Å². The highest BCUT2D eigenvalue weighted by atomic mass is 79.9. The Hall–Kier alpha value is -1.07. The summed E-state index contributed by atoms with van der Waals surface area (Å²) < 4.78 is 11.9. The van der Waals surface area contributed by atoms with Crippen LogP contribution in [0.4, 0.5) is 0 Å². The number of ether oxygens (including phenoxy) is 2. The van der Waals surface area contributed by atoms with Crippen molar-refractivity contribution >= 4 is 27.3 Å². The van der Waals surface area contributed by atoms with Gasteiger partial charge in [-0.3, -0.25) is 0 Å². The van der Waals surface area contributed by atoms with Gasteiger partial charge in [0.1, 0.15) is 11.5 Å². The lowest BCUT2D eigenvalue weighted by Gasteiger charge is -2.05. The number of hydrogen-bond acceptors (Lipinski definition) is 4. The molecule has 84 valence electrons. The Morgan fingerprint density at radius 2 is 2.19 bits per heavy atom. The van der Waals surface area contributed by atoms with Crippen molar-refractivity contribution in [2.45, 2.75) is 6.92 Å². The highest BCUT2D eigenvalue weighted by Gasteiger charge is 2.03. The van der Waals surface area contributed by atoms with Gasteiger partial charge in [0.25, 0.3) is 5.19 Å². The summed E-state index contributed by atoms with van der Waals surface area (Å²) in [5, 5.41) is 0.612. The maximum Gasteiger partial charge on any atom is 0.279 e. The van der Waals surface area contributed by atoms with E-state index in [9.17, 15) is 0 Å². The third kappa shape index (κ3) is 2.96. The van der Waals surface area contributed by atoms with Gasteiger partial charge < -0.3 is 9.47 Å². The van der Waals surface area contributed by atoms with Crippen LogP contribution in [-0.2, 0) is 0 Å². The van der Waals surface area contributed by atoms with E-state index in [4.69, 9.17) is 9.47 Å². The zero-order valence-corrected chi connectivity index (χ0v) is 11.0. The van der Waals surface area contributed by atoms with Gasteiger partial charge >= 0.3 is 0 Å². The Morgan fingerprint density at radius 3 is 2.88 bits per heavy atom. The number of halogens is 1. The van der Waals surface area contributed by atoms with Crippen LogP contribution in [-0.4, -0.2) is 11.6 Å². The molecule has 0 fully saturated rings. The van der Waals surface area contributed by atoms with E-state index in [0.29, 0.717) is 11.8 Å². The van der Waals surface area contributed by atoms with Gasteiger partial charge in [-0.05, 0) is 35.0 Å². The molecule has 0 N–H and O–H groups in total. The van der Waals surface area contributed by atoms with Gasteiger partial charge in [0, 0.05) is 6.07 Å². The molecule has 1 heterocycles. The van der Waals surface area contributed by atoms with Crippen LogP contribution in [0.2, 0.25) is 0 Å². The minimum absolute atomic E-state index is 0.612. The van der Waals surface area contributed by atoms with Crippen LogP contribution in [0, 0.1) is 0 Å². The summed E-state index contributed by atoms with van der Waals surface area (Å²) in [6.45, 7) is 2.59. The summed E-state index contributed by atoms with van der Waals surface area (Å²) in [6, 6.07) is 7.51. The van der Waals surface area contributed by atoms with Crippen LogP contribution in [0.3, 0.4) is 0 Å². The number of rotatable bonds is 4. The van der Waals surface area contributed by atoms with Crippen LogP contribution in [0.25, 0.3) is 0 Å². The van der Waals surface area contributed by atoms with E-state index in [1.807, 2.05) is 31.2 Å². The number of nitrogens with zero attached hydrogens (tertiary/aromatic N) is 1. The van der Waals surface area contributed by atoms with Crippen molar-refractivity contribution in [3.8, 4) is 16.7 Å². The minimum atomic E-state index is 0.612. The molecule has 2 rings (SSSR count). The Kier molecular flexibility index (Phi) is 3.79. The number of benzene rings is 1. The summed E-state index contributed by atoms with van der Waals surface area (Å²) in [4.78, 5) is 4.10. The van der Waals surface area contributed by atoms with Gasteiger partial charge in [-0.15, -0.1) is 0 Å². The van der Waals surface area contributed by atoms with E-state index in [1.54, 1.807) is 6.20 Å². The van der Waals surface area contributed by atoms with E-state index in [0.717, 1.165) is 15.3 Å². The van der Waals surface area contributed by atoms with Gasteiger partial charge in [0.05, 0.1) is 16.6 Å². The first-order chi connectivity index (χ1) is 7.78. The molecule has 0 spiro atoms. The second kappa shape index (κ2) is 5.32. The van der Waals surface area contributed by atoms with Crippen molar-refractivity contribution in [1.82, 2.24) is 4.98 Å². The van der Waals surface area contributed by atoms with Crippen molar-refractivity contribution in [3.05, 3.63) is 34.2 Å². The quantitative estimate of drug-likeness (QED) is 0.852. The molecule has 0 aliphatic rings. The Morgan fingerprint density at radius 1 is 1.38 bits per heavy atom. The zero-order valence-electron chi connectivity index (χ0n) is 8.64. The Labute approximate surface area is 106 Å². The summed E-state index contributed by atoms with van der Waals surface area (Å²) in [7, 11) is 0. The van der Waals surface area contributed by atoms with E-state index in [-0.39, 0.29) is 0 Å². The molecule has 5 heteroatoms. The molecule has 0 aliphatic carbocycles. The highest BCUT2D eigenvalue weighted by Crippen LogP contribution is 2.30. The molecule has 0 amide bonds. The largest absolute Gasteiger partial charge is 0.494 e. The first-order valence-electron chi connectivity index (χ1n) is 4.80. The van der Waals surface area contributed by atoms with Crippen molar-refractivity contribution in [1.29, 1.82) is 0 Å². The lowest BCUT2D eigenvalue weighted by Crippen LogP contribution is -1.91. The summed E-state index contributed by atoms with van der Waals surface area (Å²) >= 11 is 4.78. The fraction of sp³-hybridized carbons (Fsp3) is 0.182. The van der Waals surface area contributed by atoms with Crippen LogP contribution in [0.5, 0.6) is 16.7 Å². The molecule has 2 aromatic rings. The third-order valence-corrected chi connectivity index (χ3v) is 3.13. The first-order valence-corrected chi connectivity index (χ1v) is 6.41. The summed E-state index contributed by atoms with van der Waals surface area (Å²) in [6.07, 6.45) is 1.71. The molecule has 0 unspecified atom stereocenters. The molecule has 0 aliphatic heterocycles. The molecule has 1 aromatic carbocycles. The van der Waals surface area contributed by atoms with Gasteiger partial charge in [0.2, 0.25) is 0 Å². The van der Waals surface area contributed by atoms with Gasteiger partial charge in [-0.25, -0.2) is 4.98 Å². The lowest BCUT2D eigenvalue weighted by atomic mass is 10.3. The normalized spacial score (nSPS) is 10.1. The van der Waals surface area contributed by atoms with Crippen molar-refractivity contribution in [2.75, 3.05) is 6.61 Å². The van der Waals surface area contributed by atoms with Crippen molar-refractivity contribution in [3.63, 3.8) is 0 Å². The molecule has 0 bridgehead atoms. The first kappa shape index (κ1) is 11.4. The maximum absolute atomic E-state index is 5.58. The topological polar surface area (TPSA) is 31.4 Å². The van der Waals surface area contributed by atoms with Crippen molar-refractivity contribution in [2.24, 2.45) is 0 Å². The van der Waals surface area contributed by atoms with Gasteiger partial charge in [-0.1, -0.05) is 17.4 Å². The van der Waals surface area contributed by atoms with Gasteiger partial charge in [0.15, 0.2) is 0 Å². The Balaban J connectivity index is 2.12. The van der Waals surface area contributed by atoms with Crippen LogP contribution < -0.4 is 9.47 Å². The summed E-state index contributed by atoms with van der Waals surface area (Å²) in [5.74, 6) is 1.53. The molecule has 3 nitrogen and oxygen atoms in total. The van der Waals surface area contributed by atoms with E-state index in [2.05, 4.69) is 20.9 Å². The molecule has 0 saturated carbocycles. The predicted octanol–water partition coefficient (Wildman–Crippen LogP) is 4.10. The SMILES string of the molecule is CCOc1cccc(Oc2ncc(Br)s2)c1. The predicted molar refractivity (Wildman–Crippen MR) is 67.5 cm³/mol. The lowest BCUT2D eigenvalue weighted by molar-refractivity contribution is 0.338. The van der Waals surface area contributed by atoms with E-state index < -0.39 is 0 Å². The van der Waals surface area contributed by atoms with Gasteiger partial charge in [-0.2, -0.15) is 0 Å². The fourth-order valence-corrected chi connectivity index (χ4v) is 2.22. The van der Waals surface area contributed by atoms with E-state index in [1.165, 1.54) is 11.3 Å². The highest BCUT2D eigenvalue weighted by molar-refractivity contribution is 9.11. The van der Waals surface area contributed by atoms with Crippen LogP contribution >= 0.6 is 27.3 Å².